The van der Waals surface area contributed by atoms with Gasteiger partial charge in [-0.25, -0.2) is 0 Å². The summed E-state index contributed by atoms with van der Waals surface area (Å²) in [5.74, 6) is 0.0743. The number of hydrogen-bond donors (Lipinski definition) is 2. The third kappa shape index (κ3) is 3.00. The Kier molecular flexibility index (Phi) is 3.98. The molecule has 19 heavy (non-hydrogen) atoms. The largest absolute Gasteiger partial charge is 0.399 e. The van der Waals surface area contributed by atoms with E-state index in [0.29, 0.717) is 0 Å². The van der Waals surface area contributed by atoms with Crippen molar-refractivity contribution in [2.24, 2.45) is 0 Å². The van der Waals surface area contributed by atoms with Gasteiger partial charge in [-0.1, -0.05) is 6.07 Å². The molecule has 1 amide bonds. The molecule has 1 aromatic rings. The van der Waals surface area contributed by atoms with E-state index in [2.05, 4.69) is 16.3 Å². The van der Waals surface area contributed by atoms with E-state index in [1.54, 1.807) is 0 Å². The highest BCUT2D eigenvalue weighted by Gasteiger charge is 2.26. The van der Waals surface area contributed by atoms with Gasteiger partial charge in [0.2, 0.25) is 5.91 Å². The van der Waals surface area contributed by atoms with Crippen molar-refractivity contribution in [3.8, 4) is 0 Å². The summed E-state index contributed by atoms with van der Waals surface area (Å²) in [6.45, 7) is 6.82. The van der Waals surface area contributed by atoms with E-state index >= 15 is 0 Å². The standard InChI is InChI=1S/C15H23N3O/c1-10(2)17-15(19)11(3)18-8-4-5-12-6-7-13(16)9-14(12)18/h6-7,9-11H,4-5,8,16H2,1-3H3,(H,17,19). The van der Waals surface area contributed by atoms with Crippen LogP contribution in [0.2, 0.25) is 0 Å². The van der Waals surface area contributed by atoms with Crippen molar-refractivity contribution < 1.29 is 4.79 Å². The van der Waals surface area contributed by atoms with Crippen molar-refractivity contribution in [1.82, 2.24) is 5.32 Å². The molecule has 0 saturated heterocycles. The fourth-order valence-corrected chi connectivity index (χ4v) is 2.57. The van der Waals surface area contributed by atoms with E-state index in [4.69, 9.17) is 5.73 Å². The second-order valence-corrected chi connectivity index (χ2v) is 5.52. The summed E-state index contributed by atoms with van der Waals surface area (Å²) in [5, 5.41) is 2.97. The molecule has 2 rings (SSSR count). The highest BCUT2D eigenvalue weighted by atomic mass is 16.2. The van der Waals surface area contributed by atoms with Crippen LogP contribution >= 0.6 is 0 Å². The van der Waals surface area contributed by atoms with Gasteiger partial charge in [0, 0.05) is 24.0 Å². The van der Waals surface area contributed by atoms with Crippen LogP contribution in [0.25, 0.3) is 0 Å². The number of nitrogens with one attached hydrogen (secondary N) is 1. The summed E-state index contributed by atoms with van der Waals surface area (Å²) < 4.78 is 0. The Bertz CT molecular complexity index is 470. The topological polar surface area (TPSA) is 58.4 Å². The van der Waals surface area contributed by atoms with Gasteiger partial charge in [-0.2, -0.15) is 0 Å². The Balaban J connectivity index is 2.23. The molecule has 0 bridgehead atoms. The SMILES string of the molecule is CC(C)NC(=O)C(C)N1CCCc2ccc(N)cc21. The molecule has 0 fully saturated rings. The summed E-state index contributed by atoms with van der Waals surface area (Å²) in [7, 11) is 0. The number of benzene rings is 1. The van der Waals surface area contributed by atoms with Crippen LogP contribution in [-0.4, -0.2) is 24.5 Å². The first-order valence-corrected chi connectivity index (χ1v) is 6.94. The second-order valence-electron chi connectivity index (χ2n) is 5.52. The maximum atomic E-state index is 12.2. The van der Waals surface area contributed by atoms with Crippen LogP contribution in [0, 0.1) is 0 Å². The number of nitrogen functional groups attached to an aromatic ring is 1. The number of hydrogen-bond acceptors (Lipinski definition) is 3. The molecule has 4 nitrogen and oxygen atoms in total. The van der Waals surface area contributed by atoms with Gasteiger partial charge in [0.15, 0.2) is 0 Å². The first-order valence-electron chi connectivity index (χ1n) is 6.94. The molecule has 0 aromatic heterocycles. The molecule has 1 aliphatic heterocycles. The van der Waals surface area contributed by atoms with E-state index in [1.807, 2.05) is 32.9 Å². The highest BCUT2D eigenvalue weighted by Crippen LogP contribution is 2.30. The summed E-state index contributed by atoms with van der Waals surface area (Å²) >= 11 is 0. The number of carbonyl (C=O) groups excluding carboxylic acids is 1. The molecule has 3 N–H and O–H groups in total. The number of nitrogens with zero attached hydrogens (tertiary/aromatic N) is 1. The minimum absolute atomic E-state index is 0.0743. The van der Waals surface area contributed by atoms with Crippen molar-refractivity contribution in [3.63, 3.8) is 0 Å². The first-order chi connectivity index (χ1) is 8.99. The van der Waals surface area contributed by atoms with Crippen molar-refractivity contribution in [2.75, 3.05) is 17.2 Å². The molecule has 1 aromatic carbocycles. The van der Waals surface area contributed by atoms with Gasteiger partial charge in [-0.15, -0.1) is 0 Å². The maximum Gasteiger partial charge on any atom is 0.242 e. The van der Waals surface area contributed by atoms with E-state index in [0.717, 1.165) is 30.8 Å². The lowest BCUT2D eigenvalue weighted by molar-refractivity contribution is -0.122. The van der Waals surface area contributed by atoms with Crippen molar-refractivity contribution in [2.45, 2.75) is 45.7 Å². The van der Waals surface area contributed by atoms with Crippen LogP contribution in [0.5, 0.6) is 0 Å². The summed E-state index contributed by atoms with van der Waals surface area (Å²) in [6, 6.07) is 5.99. The van der Waals surface area contributed by atoms with E-state index < -0.39 is 0 Å². The molecule has 104 valence electrons. The van der Waals surface area contributed by atoms with Gasteiger partial charge < -0.3 is 16.0 Å². The number of amides is 1. The van der Waals surface area contributed by atoms with E-state index in [1.165, 1.54) is 5.56 Å². The Morgan fingerprint density at radius 2 is 2.11 bits per heavy atom. The molecule has 0 saturated carbocycles. The molecule has 1 atom stereocenters. The Morgan fingerprint density at radius 3 is 2.79 bits per heavy atom. The molecule has 4 heteroatoms. The minimum Gasteiger partial charge on any atom is -0.399 e. The fourth-order valence-electron chi connectivity index (χ4n) is 2.57. The minimum atomic E-state index is -0.164. The van der Waals surface area contributed by atoms with Crippen LogP contribution in [-0.2, 0) is 11.2 Å². The van der Waals surface area contributed by atoms with Gasteiger partial charge >= 0.3 is 0 Å². The molecule has 1 heterocycles. The zero-order valence-electron chi connectivity index (χ0n) is 11.9. The van der Waals surface area contributed by atoms with Gasteiger partial charge in [-0.05, 0) is 51.3 Å². The molecule has 1 unspecified atom stereocenters. The van der Waals surface area contributed by atoms with Crippen LogP contribution in [0.4, 0.5) is 11.4 Å². The Labute approximate surface area is 115 Å². The molecule has 0 radical (unpaired) electrons. The summed E-state index contributed by atoms with van der Waals surface area (Å²) in [5.41, 5.74) is 9.02. The third-order valence-electron chi connectivity index (χ3n) is 3.54. The third-order valence-corrected chi connectivity index (χ3v) is 3.54. The zero-order chi connectivity index (χ0) is 14.0. The zero-order valence-corrected chi connectivity index (χ0v) is 11.9. The lowest BCUT2D eigenvalue weighted by atomic mass is 9.99. The predicted octanol–water partition coefficient (Wildman–Crippen LogP) is 1.93. The quantitative estimate of drug-likeness (QED) is 0.817. The van der Waals surface area contributed by atoms with Gasteiger partial charge in [0.05, 0.1) is 0 Å². The van der Waals surface area contributed by atoms with E-state index in [9.17, 15) is 4.79 Å². The number of aryl methyl sites for hydroxylation is 1. The molecule has 0 aliphatic carbocycles. The van der Waals surface area contributed by atoms with Crippen molar-refractivity contribution in [3.05, 3.63) is 23.8 Å². The molecule has 0 spiro atoms. The fraction of sp³-hybridized carbons (Fsp3) is 0.533. The normalized spacial score (nSPS) is 16.1. The average molecular weight is 261 g/mol. The Hall–Kier alpha value is -1.71. The van der Waals surface area contributed by atoms with Crippen molar-refractivity contribution in [1.29, 1.82) is 0 Å². The molecular formula is C15H23N3O. The smallest absolute Gasteiger partial charge is 0.242 e. The predicted molar refractivity (Wildman–Crippen MR) is 79.3 cm³/mol. The van der Waals surface area contributed by atoms with Crippen LogP contribution in [0.3, 0.4) is 0 Å². The number of anilines is 2. The summed E-state index contributed by atoms with van der Waals surface area (Å²) in [4.78, 5) is 14.3. The van der Waals surface area contributed by atoms with Gasteiger partial charge in [-0.3, -0.25) is 4.79 Å². The lowest BCUT2D eigenvalue weighted by Crippen LogP contribution is -2.48. The van der Waals surface area contributed by atoms with Gasteiger partial charge in [0.1, 0.15) is 6.04 Å². The number of nitrogens with two attached hydrogens (primary N) is 1. The van der Waals surface area contributed by atoms with Crippen LogP contribution < -0.4 is 16.0 Å². The monoisotopic (exact) mass is 261 g/mol. The van der Waals surface area contributed by atoms with Crippen molar-refractivity contribution >= 4 is 17.3 Å². The number of fused-ring (bicyclic) bond motifs is 1. The first kappa shape index (κ1) is 13.7. The maximum absolute atomic E-state index is 12.2. The van der Waals surface area contributed by atoms with Crippen LogP contribution in [0.1, 0.15) is 32.8 Å². The average Bonchev–Trinajstić information content (AvgIpc) is 2.36. The molecule has 1 aliphatic rings. The molecular weight excluding hydrogens is 238 g/mol. The van der Waals surface area contributed by atoms with E-state index in [-0.39, 0.29) is 18.0 Å². The lowest BCUT2D eigenvalue weighted by Gasteiger charge is -2.36. The number of rotatable bonds is 3. The highest BCUT2D eigenvalue weighted by molar-refractivity contribution is 5.85. The second kappa shape index (κ2) is 5.51. The summed E-state index contributed by atoms with van der Waals surface area (Å²) in [6.07, 6.45) is 2.14. The Morgan fingerprint density at radius 1 is 1.37 bits per heavy atom. The van der Waals surface area contributed by atoms with Crippen LogP contribution in [0.15, 0.2) is 18.2 Å². The van der Waals surface area contributed by atoms with Gasteiger partial charge in [0.25, 0.3) is 0 Å². The number of carbonyl (C=O) groups is 1.